The van der Waals surface area contributed by atoms with Crippen molar-refractivity contribution >= 4 is 22.4 Å². The van der Waals surface area contributed by atoms with Crippen LogP contribution in [0.1, 0.15) is 43.3 Å². The molecular formula is C15H20N4OS. The van der Waals surface area contributed by atoms with Crippen molar-refractivity contribution in [1.82, 2.24) is 14.8 Å². The molecule has 1 aliphatic rings. The van der Waals surface area contributed by atoms with Gasteiger partial charge in [-0.3, -0.25) is 9.48 Å². The van der Waals surface area contributed by atoms with E-state index in [0.29, 0.717) is 0 Å². The lowest BCUT2D eigenvalue weighted by Gasteiger charge is -2.18. The lowest BCUT2D eigenvalue weighted by molar-refractivity contribution is -0.119. The molecule has 0 aromatic carbocycles. The van der Waals surface area contributed by atoms with Crippen LogP contribution in [0.5, 0.6) is 0 Å². The highest BCUT2D eigenvalue weighted by molar-refractivity contribution is 7.15. The molecule has 21 heavy (non-hydrogen) atoms. The molecule has 0 fully saturated rings. The molecule has 2 aromatic heterocycles. The third-order valence-electron chi connectivity index (χ3n) is 4.15. The SMILES string of the molecule is CC[C@@H]1CCc2nc(NC(=O)[C@H](C)n3cccn3)sc2C1. The first kappa shape index (κ1) is 14.3. The van der Waals surface area contributed by atoms with E-state index in [0.717, 1.165) is 23.9 Å². The average Bonchev–Trinajstić information content (AvgIpc) is 3.14. The Morgan fingerprint density at radius 1 is 1.62 bits per heavy atom. The summed E-state index contributed by atoms with van der Waals surface area (Å²) < 4.78 is 1.65. The van der Waals surface area contributed by atoms with E-state index in [-0.39, 0.29) is 11.9 Å². The van der Waals surface area contributed by atoms with Crippen LogP contribution < -0.4 is 5.32 Å². The third kappa shape index (κ3) is 3.00. The lowest BCUT2D eigenvalue weighted by Crippen LogP contribution is -2.23. The number of nitrogens with one attached hydrogen (secondary N) is 1. The summed E-state index contributed by atoms with van der Waals surface area (Å²) in [6.07, 6.45) is 8.04. The Morgan fingerprint density at radius 3 is 3.19 bits per heavy atom. The maximum absolute atomic E-state index is 12.2. The molecule has 0 bridgehead atoms. The molecule has 0 radical (unpaired) electrons. The number of carbonyl (C=O) groups excluding carboxylic acids is 1. The standard InChI is InChI=1S/C15H20N4OS/c1-3-11-5-6-12-13(9-11)21-15(17-12)18-14(20)10(2)19-8-4-7-16-19/h4,7-8,10-11H,3,5-6,9H2,1-2H3,(H,17,18,20)/t10-,11+/m0/s1. The summed E-state index contributed by atoms with van der Waals surface area (Å²) >= 11 is 1.62. The van der Waals surface area contributed by atoms with Crippen LogP contribution in [0.25, 0.3) is 0 Å². The maximum Gasteiger partial charge on any atom is 0.250 e. The van der Waals surface area contributed by atoms with E-state index in [1.807, 2.05) is 13.0 Å². The fourth-order valence-corrected chi connectivity index (χ4v) is 3.81. The largest absolute Gasteiger partial charge is 0.300 e. The number of carbonyl (C=O) groups is 1. The minimum Gasteiger partial charge on any atom is -0.300 e. The van der Waals surface area contributed by atoms with E-state index in [1.54, 1.807) is 28.4 Å². The Kier molecular flexibility index (Phi) is 4.05. The molecular weight excluding hydrogens is 284 g/mol. The van der Waals surface area contributed by atoms with Crippen LogP contribution in [0.4, 0.5) is 5.13 Å². The van der Waals surface area contributed by atoms with Crippen LogP contribution in [0, 0.1) is 5.92 Å². The first-order valence-electron chi connectivity index (χ1n) is 7.46. The zero-order valence-electron chi connectivity index (χ0n) is 12.4. The molecule has 112 valence electrons. The first-order valence-corrected chi connectivity index (χ1v) is 8.27. The van der Waals surface area contributed by atoms with Gasteiger partial charge in [-0.1, -0.05) is 13.3 Å². The topological polar surface area (TPSA) is 59.8 Å². The highest BCUT2D eigenvalue weighted by Gasteiger charge is 2.23. The van der Waals surface area contributed by atoms with Crippen molar-refractivity contribution in [3.05, 3.63) is 29.0 Å². The molecule has 0 aliphatic heterocycles. The van der Waals surface area contributed by atoms with Crippen LogP contribution in [0.3, 0.4) is 0 Å². The summed E-state index contributed by atoms with van der Waals surface area (Å²) in [6.45, 7) is 4.08. The number of amides is 1. The van der Waals surface area contributed by atoms with Gasteiger partial charge in [-0.05, 0) is 38.2 Å². The van der Waals surface area contributed by atoms with Crippen molar-refractivity contribution in [2.24, 2.45) is 5.92 Å². The predicted molar refractivity (Wildman–Crippen MR) is 83.5 cm³/mol. The molecule has 0 saturated heterocycles. The Bertz CT molecular complexity index is 620. The molecule has 0 saturated carbocycles. The molecule has 0 spiro atoms. The second kappa shape index (κ2) is 5.97. The second-order valence-corrected chi connectivity index (χ2v) is 6.64. The van der Waals surface area contributed by atoms with Crippen molar-refractivity contribution in [2.45, 2.75) is 45.6 Å². The van der Waals surface area contributed by atoms with E-state index in [9.17, 15) is 4.79 Å². The normalized spacial score (nSPS) is 19.0. The molecule has 1 aliphatic carbocycles. The maximum atomic E-state index is 12.2. The fourth-order valence-electron chi connectivity index (χ4n) is 2.68. The van der Waals surface area contributed by atoms with Crippen LogP contribution in [-0.2, 0) is 17.6 Å². The van der Waals surface area contributed by atoms with Crippen LogP contribution in [-0.4, -0.2) is 20.7 Å². The van der Waals surface area contributed by atoms with Gasteiger partial charge in [0.15, 0.2) is 5.13 Å². The molecule has 2 atom stereocenters. The Morgan fingerprint density at radius 2 is 2.48 bits per heavy atom. The quantitative estimate of drug-likeness (QED) is 0.944. The molecule has 1 amide bonds. The number of anilines is 1. The molecule has 3 rings (SSSR count). The summed E-state index contributed by atoms with van der Waals surface area (Å²) in [5, 5.41) is 7.75. The number of nitrogens with zero attached hydrogens (tertiary/aromatic N) is 3. The van der Waals surface area contributed by atoms with Crippen molar-refractivity contribution < 1.29 is 4.79 Å². The molecule has 2 aromatic rings. The second-order valence-electron chi connectivity index (χ2n) is 5.56. The van der Waals surface area contributed by atoms with Gasteiger partial charge in [0.05, 0.1) is 5.69 Å². The third-order valence-corrected chi connectivity index (χ3v) is 5.19. The summed E-state index contributed by atoms with van der Waals surface area (Å²) in [7, 11) is 0. The van der Waals surface area contributed by atoms with E-state index < -0.39 is 0 Å². The predicted octanol–water partition coefficient (Wildman–Crippen LogP) is 3.05. The van der Waals surface area contributed by atoms with Crippen LogP contribution in [0.2, 0.25) is 0 Å². The fraction of sp³-hybridized carbons (Fsp3) is 0.533. The van der Waals surface area contributed by atoms with Gasteiger partial charge in [-0.25, -0.2) is 4.98 Å². The highest BCUT2D eigenvalue weighted by Crippen LogP contribution is 2.33. The van der Waals surface area contributed by atoms with E-state index in [1.165, 1.54) is 23.4 Å². The number of rotatable bonds is 4. The van der Waals surface area contributed by atoms with Gasteiger partial charge >= 0.3 is 0 Å². The van der Waals surface area contributed by atoms with Gasteiger partial charge in [-0.2, -0.15) is 5.10 Å². The molecule has 2 heterocycles. The van der Waals surface area contributed by atoms with E-state index in [2.05, 4.69) is 22.3 Å². The van der Waals surface area contributed by atoms with Crippen molar-refractivity contribution in [1.29, 1.82) is 0 Å². The van der Waals surface area contributed by atoms with Crippen molar-refractivity contribution in [3.63, 3.8) is 0 Å². The molecule has 5 nitrogen and oxygen atoms in total. The highest BCUT2D eigenvalue weighted by atomic mass is 32.1. The summed E-state index contributed by atoms with van der Waals surface area (Å²) in [4.78, 5) is 18.2. The summed E-state index contributed by atoms with van der Waals surface area (Å²) in [5.74, 6) is 0.696. The summed E-state index contributed by atoms with van der Waals surface area (Å²) in [6, 6.07) is 1.49. The monoisotopic (exact) mass is 304 g/mol. The van der Waals surface area contributed by atoms with E-state index >= 15 is 0 Å². The van der Waals surface area contributed by atoms with Gasteiger partial charge in [0, 0.05) is 17.3 Å². The number of aryl methyl sites for hydroxylation is 1. The van der Waals surface area contributed by atoms with Gasteiger partial charge in [0.2, 0.25) is 0 Å². The number of fused-ring (bicyclic) bond motifs is 1. The van der Waals surface area contributed by atoms with Crippen LogP contribution >= 0.6 is 11.3 Å². The Balaban J connectivity index is 1.69. The number of thiazole rings is 1. The smallest absolute Gasteiger partial charge is 0.250 e. The average molecular weight is 304 g/mol. The lowest BCUT2D eigenvalue weighted by atomic mass is 9.89. The Labute approximate surface area is 128 Å². The van der Waals surface area contributed by atoms with Gasteiger partial charge in [0.25, 0.3) is 5.91 Å². The minimum absolute atomic E-state index is 0.0724. The molecule has 0 unspecified atom stereocenters. The van der Waals surface area contributed by atoms with Gasteiger partial charge in [0.1, 0.15) is 6.04 Å². The first-order chi connectivity index (χ1) is 10.2. The molecule has 6 heteroatoms. The van der Waals surface area contributed by atoms with Gasteiger partial charge < -0.3 is 5.32 Å². The zero-order chi connectivity index (χ0) is 14.8. The Hall–Kier alpha value is -1.69. The molecule has 1 N–H and O–H groups in total. The summed E-state index contributed by atoms with van der Waals surface area (Å²) in [5.41, 5.74) is 1.17. The minimum atomic E-state index is -0.329. The van der Waals surface area contributed by atoms with Crippen LogP contribution in [0.15, 0.2) is 18.5 Å². The van der Waals surface area contributed by atoms with Crippen molar-refractivity contribution in [2.75, 3.05) is 5.32 Å². The van der Waals surface area contributed by atoms with Gasteiger partial charge in [-0.15, -0.1) is 11.3 Å². The number of aromatic nitrogens is 3. The van der Waals surface area contributed by atoms with Crippen molar-refractivity contribution in [3.8, 4) is 0 Å². The number of hydrogen-bond acceptors (Lipinski definition) is 4. The zero-order valence-corrected chi connectivity index (χ0v) is 13.2. The number of hydrogen-bond donors (Lipinski definition) is 1. The van der Waals surface area contributed by atoms with E-state index in [4.69, 9.17) is 0 Å².